The van der Waals surface area contributed by atoms with Crippen LogP contribution in [0.5, 0.6) is 0 Å². The van der Waals surface area contributed by atoms with Crippen molar-refractivity contribution < 1.29 is 24.5 Å². The average molecular weight is 385 g/mol. The highest BCUT2D eigenvalue weighted by Crippen LogP contribution is 2.49. The van der Waals surface area contributed by atoms with Crippen LogP contribution >= 0.6 is 0 Å². The Balaban J connectivity index is 1.83. The molecule has 0 bridgehead atoms. The molecular weight excluding hydrogens is 360 g/mol. The van der Waals surface area contributed by atoms with E-state index in [1.807, 2.05) is 37.4 Å². The molecule has 2 saturated heterocycles. The number of carbonyl (C=O) groups excluding carboxylic acids is 4. The Morgan fingerprint density at radius 3 is 2.68 bits per heavy atom. The maximum Gasteiger partial charge on any atom is 0.291 e. The van der Waals surface area contributed by atoms with Gasteiger partial charge in [0.15, 0.2) is 0 Å². The van der Waals surface area contributed by atoms with Crippen LogP contribution in [0, 0.1) is 11.8 Å². The zero-order chi connectivity index (χ0) is 20.2. The first-order valence-corrected chi connectivity index (χ1v) is 9.75. The number of primary amides is 1. The van der Waals surface area contributed by atoms with Gasteiger partial charge >= 0.3 is 0 Å². The van der Waals surface area contributed by atoms with Gasteiger partial charge in [-0.05, 0) is 19.4 Å². The molecule has 8 heteroatoms. The summed E-state index contributed by atoms with van der Waals surface area (Å²) >= 11 is 0. The van der Waals surface area contributed by atoms with E-state index in [0.29, 0.717) is 18.5 Å². The molecule has 0 unspecified atom stereocenters. The molecule has 0 radical (unpaired) electrons. The molecular formula is C20H25N4O4+. The first kappa shape index (κ1) is 18.6. The van der Waals surface area contributed by atoms with E-state index < -0.39 is 23.3 Å². The van der Waals surface area contributed by atoms with Gasteiger partial charge in [-0.15, -0.1) is 0 Å². The summed E-state index contributed by atoms with van der Waals surface area (Å²) in [4.78, 5) is 52.5. The Morgan fingerprint density at radius 1 is 1.29 bits per heavy atom. The molecule has 1 spiro atoms. The van der Waals surface area contributed by atoms with Crippen LogP contribution in [0.1, 0.15) is 38.7 Å². The topological polar surface area (TPSA) is 126 Å². The molecule has 28 heavy (non-hydrogen) atoms. The number of benzene rings is 1. The molecule has 3 heterocycles. The smallest absolute Gasteiger partial charge is 0.291 e. The Morgan fingerprint density at radius 2 is 2.00 bits per heavy atom. The van der Waals surface area contributed by atoms with Gasteiger partial charge in [-0.25, -0.2) is 0 Å². The normalized spacial score (nSPS) is 31.9. The summed E-state index contributed by atoms with van der Waals surface area (Å²) in [5, 5.41) is 4.71. The van der Waals surface area contributed by atoms with E-state index in [2.05, 4.69) is 5.32 Å². The highest BCUT2D eigenvalue weighted by molar-refractivity contribution is 6.14. The number of anilines is 1. The number of carbonyl (C=O) groups is 4. The van der Waals surface area contributed by atoms with Gasteiger partial charge in [0.05, 0.1) is 5.69 Å². The lowest BCUT2D eigenvalue weighted by atomic mass is 9.76. The summed E-state index contributed by atoms with van der Waals surface area (Å²) < 4.78 is 0. The number of para-hydroxylation sites is 1. The Hall–Kier alpha value is -2.74. The van der Waals surface area contributed by atoms with Gasteiger partial charge in [0.25, 0.3) is 5.91 Å². The Bertz CT molecular complexity index is 885. The first-order valence-electron chi connectivity index (χ1n) is 9.75. The lowest BCUT2D eigenvalue weighted by Crippen LogP contribution is -2.99. The van der Waals surface area contributed by atoms with Crippen LogP contribution in [0.25, 0.3) is 0 Å². The van der Waals surface area contributed by atoms with E-state index in [4.69, 9.17) is 5.73 Å². The second-order valence-electron chi connectivity index (χ2n) is 8.01. The Kier molecular flexibility index (Phi) is 4.26. The molecule has 3 aliphatic rings. The van der Waals surface area contributed by atoms with Gasteiger partial charge in [0.2, 0.25) is 23.3 Å². The molecule has 2 fully saturated rings. The number of likely N-dealkylation sites (tertiary alicyclic amines) is 1. The molecule has 4 rings (SSSR count). The number of rotatable bonds is 5. The zero-order valence-electron chi connectivity index (χ0n) is 16.0. The number of quaternary nitrogens is 1. The van der Waals surface area contributed by atoms with Crippen molar-refractivity contribution in [3.05, 3.63) is 29.8 Å². The van der Waals surface area contributed by atoms with Gasteiger partial charge < -0.3 is 16.4 Å². The fraction of sp³-hybridized carbons (Fsp3) is 0.500. The number of hydrogen-bond donors (Lipinski definition) is 3. The molecule has 0 aliphatic carbocycles. The fourth-order valence-electron chi connectivity index (χ4n) is 5.13. The SMILES string of the molecule is CC[C@H](C)N1C(=O)[C@@H]2[C@H](CCC(N)=O)[NH2+][C@@]3(C(=O)Nc4ccccc43)[C@@H]2C1=O. The largest absolute Gasteiger partial charge is 0.370 e. The van der Waals surface area contributed by atoms with Gasteiger partial charge in [-0.3, -0.25) is 24.1 Å². The van der Waals surface area contributed by atoms with Crippen LogP contribution < -0.4 is 16.4 Å². The van der Waals surface area contributed by atoms with Gasteiger partial charge in [0.1, 0.15) is 17.9 Å². The predicted molar refractivity (Wildman–Crippen MR) is 99.5 cm³/mol. The number of nitrogens with zero attached hydrogens (tertiary/aromatic N) is 1. The molecule has 0 saturated carbocycles. The minimum atomic E-state index is -1.18. The molecule has 4 amide bonds. The highest BCUT2D eigenvalue weighted by atomic mass is 16.2. The van der Waals surface area contributed by atoms with E-state index in [1.54, 1.807) is 6.07 Å². The molecule has 1 aromatic rings. The Labute approximate surface area is 162 Å². The third-order valence-electron chi connectivity index (χ3n) is 6.57. The molecule has 8 nitrogen and oxygen atoms in total. The van der Waals surface area contributed by atoms with Crippen LogP contribution in [-0.4, -0.2) is 40.6 Å². The minimum absolute atomic E-state index is 0.106. The summed E-state index contributed by atoms with van der Waals surface area (Å²) in [6, 6.07) is 6.69. The van der Waals surface area contributed by atoms with Crippen molar-refractivity contribution in [2.45, 2.75) is 50.7 Å². The molecule has 148 valence electrons. The third-order valence-corrected chi connectivity index (χ3v) is 6.57. The van der Waals surface area contributed by atoms with E-state index in [1.165, 1.54) is 4.90 Å². The lowest BCUT2D eigenvalue weighted by molar-refractivity contribution is -0.734. The van der Waals surface area contributed by atoms with Crippen molar-refractivity contribution in [3.8, 4) is 0 Å². The van der Waals surface area contributed by atoms with Crippen molar-refractivity contribution in [1.29, 1.82) is 0 Å². The van der Waals surface area contributed by atoms with E-state index in [9.17, 15) is 19.2 Å². The van der Waals surface area contributed by atoms with Crippen LogP contribution in [0.4, 0.5) is 5.69 Å². The van der Waals surface area contributed by atoms with Gasteiger partial charge in [-0.1, -0.05) is 25.1 Å². The quantitative estimate of drug-likeness (QED) is 0.588. The van der Waals surface area contributed by atoms with Gasteiger partial charge in [-0.2, -0.15) is 0 Å². The fourth-order valence-corrected chi connectivity index (χ4v) is 5.13. The summed E-state index contributed by atoms with van der Waals surface area (Å²) in [5.74, 6) is -2.71. The second kappa shape index (κ2) is 6.41. The summed E-state index contributed by atoms with van der Waals surface area (Å²) in [5.41, 5.74) is 5.53. The number of nitrogens with one attached hydrogen (secondary N) is 1. The minimum Gasteiger partial charge on any atom is -0.370 e. The van der Waals surface area contributed by atoms with Crippen molar-refractivity contribution in [3.63, 3.8) is 0 Å². The molecule has 0 aromatic heterocycles. The molecule has 5 N–H and O–H groups in total. The second-order valence-corrected chi connectivity index (χ2v) is 8.01. The van der Waals surface area contributed by atoms with Crippen LogP contribution in [0.3, 0.4) is 0 Å². The van der Waals surface area contributed by atoms with Crippen molar-refractivity contribution in [2.24, 2.45) is 17.6 Å². The van der Waals surface area contributed by atoms with E-state index in [0.717, 1.165) is 5.56 Å². The number of amides is 4. The average Bonchev–Trinajstić information content (AvgIpc) is 3.24. The van der Waals surface area contributed by atoms with E-state index >= 15 is 0 Å². The van der Waals surface area contributed by atoms with Gasteiger partial charge in [0, 0.05) is 24.4 Å². The molecule has 1 aromatic carbocycles. The number of nitrogens with two attached hydrogens (primary N) is 2. The summed E-state index contributed by atoms with van der Waals surface area (Å²) in [6.07, 6.45) is 1.10. The first-order chi connectivity index (χ1) is 13.3. The maximum absolute atomic E-state index is 13.4. The van der Waals surface area contributed by atoms with Crippen molar-refractivity contribution in [1.82, 2.24) is 4.90 Å². The predicted octanol–water partition coefficient (Wildman–Crippen LogP) is -0.555. The molecule has 3 aliphatic heterocycles. The monoisotopic (exact) mass is 385 g/mol. The van der Waals surface area contributed by atoms with Crippen molar-refractivity contribution >= 4 is 29.3 Å². The highest BCUT2D eigenvalue weighted by Gasteiger charge is 2.74. The number of hydrogen-bond acceptors (Lipinski definition) is 4. The van der Waals surface area contributed by atoms with Crippen LogP contribution in [0.2, 0.25) is 0 Å². The van der Waals surface area contributed by atoms with Crippen molar-refractivity contribution in [2.75, 3.05) is 5.32 Å². The zero-order valence-corrected chi connectivity index (χ0v) is 16.0. The van der Waals surface area contributed by atoms with E-state index in [-0.39, 0.29) is 36.2 Å². The lowest BCUT2D eigenvalue weighted by Gasteiger charge is -2.28. The maximum atomic E-state index is 13.4. The van der Waals surface area contributed by atoms with Crippen LogP contribution in [0.15, 0.2) is 24.3 Å². The number of fused-ring (bicyclic) bond motifs is 4. The third kappa shape index (κ3) is 2.33. The summed E-state index contributed by atoms with van der Waals surface area (Å²) in [7, 11) is 0. The van der Waals surface area contributed by atoms with Crippen LogP contribution in [-0.2, 0) is 24.7 Å². The number of imide groups is 1. The summed E-state index contributed by atoms with van der Waals surface area (Å²) in [6.45, 7) is 3.76. The molecule has 5 atom stereocenters. The standard InChI is InChI=1S/C20H24N4O4/c1-3-10(2)24-17(26)15-13(8-9-14(21)25)23-20(16(15)18(24)27)11-6-4-5-7-12(11)22-19(20)28/h4-7,10,13,15-16,23H,3,8-9H2,1-2H3,(H2,21,25)(H,22,28)/p+1/t10-,13-,15+,16-,20+/m0/s1.